The van der Waals surface area contributed by atoms with Crippen molar-refractivity contribution < 1.29 is 9.53 Å². The third-order valence-electron chi connectivity index (χ3n) is 2.47. The highest BCUT2D eigenvalue weighted by molar-refractivity contribution is 5.75. The van der Waals surface area contributed by atoms with Gasteiger partial charge in [-0.1, -0.05) is 30.3 Å². The highest BCUT2D eigenvalue weighted by Gasteiger charge is 2.15. The maximum atomic E-state index is 11.2. The van der Waals surface area contributed by atoms with Gasteiger partial charge in [0.25, 0.3) is 0 Å². The molecule has 2 atom stereocenters. The summed E-state index contributed by atoms with van der Waals surface area (Å²) in [5.41, 5.74) is 1.26. The summed E-state index contributed by atoms with van der Waals surface area (Å²) >= 11 is 0. The van der Waals surface area contributed by atoms with Gasteiger partial charge in [0.15, 0.2) is 0 Å². The van der Waals surface area contributed by atoms with E-state index in [9.17, 15) is 4.79 Å². The van der Waals surface area contributed by atoms with Gasteiger partial charge < -0.3 is 10.1 Å². The first-order chi connectivity index (χ1) is 7.63. The van der Waals surface area contributed by atoms with E-state index in [1.165, 1.54) is 12.7 Å². The molecule has 0 aliphatic heterocycles. The average Bonchev–Trinajstić information content (AvgIpc) is 2.29. The van der Waals surface area contributed by atoms with Crippen molar-refractivity contribution in [3.8, 4) is 0 Å². The SMILES string of the molecule is COC(=O)C(C)NC(C)Cc1ccccc1. The van der Waals surface area contributed by atoms with Crippen molar-refractivity contribution in [2.45, 2.75) is 32.4 Å². The lowest BCUT2D eigenvalue weighted by atomic mass is 10.1. The predicted octanol–water partition coefficient (Wildman–Crippen LogP) is 1.77. The molecule has 1 aromatic carbocycles. The third-order valence-corrected chi connectivity index (χ3v) is 2.47. The first kappa shape index (κ1) is 12.7. The Morgan fingerprint density at radius 2 is 1.94 bits per heavy atom. The Labute approximate surface area is 96.8 Å². The van der Waals surface area contributed by atoms with E-state index < -0.39 is 0 Å². The van der Waals surface area contributed by atoms with Crippen molar-refractivity contribution in [2.75, 3.05) is 7.11 Å². The quantitative estimate of drug-likeness (QED) is 0.770. The van der Waals surface area contributed by atoms with E-state index in [2.05, 4.69) is 29.1 Å². The fourth-order valence-electron chi connectivity index (χ4n) is 1.70. The smallest absolute Gasteiger partial charge is 0.322 e. The van der Waals surface area contributed by atoms with Crippen molar-refractivity contribution in [1.29, 1.82) is 0 Å². The topological polar surface area (TPSA) is 38.3 Å². The molecular formula is C13H19NO2. The van der Waals surface area contributed by atoms with Gasteiger partial charge in [0.05, 0.1) is 7.11 Å². The first-order valence-corrected chi connectivity index (χ1v) is 5.51. The zero-order valence-electron chi connectivity index (χ0n) is 10.1. The number of methoxy groups -OCH3 is 1. The van der Waals surface area contributed by atoms with E-state index in [4.69, 9.17) is 0 Å². The van der Waals surface area contributed by atoms with Gasteiger partial charge in [-0.25, -0.2) is 0 Å². The van der Waals surface area contributed by atoms with Crippen LogP contribution in [0.3, 0.4) is 0 Å². The van der Waals surface area contributed by atoms with Gasteiger partial charge in [-0.05, 0) is 25.8 Å². The van der Waals surface area contributed by atoms with Crippen LogP contribution in [0.1, 0.15) is 19.4 Å². The maximum Gasteiger partial charge on any atom is 0.322 e. The average molecular weight is 221 g/mol. The van der Waals surface area contributed by atoms with Crippen LogP contribution in [0.15, 0.2) is 30.3 Å². The second kappa shape index (κ2) is 6.28. The molecule has 0 heterocycles. The Balaban J connectivity index is 2.42. The molecular weight excluding hydrogens is 202 g/mol. The Bertz CT molecular complexity index is 324. The van der Waals surface area contributed by atoms with Crippen LogP contribution in [0.25, 0.3) is 0 Å². The highest BCUT2D eigenvalue weighted by Crippen LogP contribution is 2.03. The molecule has 1 aromatic rings. The Kier molecular flexibility index (Phi) is 4.99. The highest BCUT2D eigenvalue weighted by atomic mass is 16.5. The number of nitrogens with one attached hydrogen (secondary N) is 1. The molecule has 0 spiro atoms. The first-order valence-electron chi connectivity index (χ1n) is 5.51. The van der Waals surface area contributed by atoms with Crippen molar-refractivity contribution in [1.82, 2.24) is 5.32 Å². The number of hydrogen-bond acceptors (Lipinski definition) is 3. The van der Waals surface area contributed by atoms with Gasteiger partial charge in [-0.2, -0.15) is 0 Å². The summed E-state index contributed by atoms with van der Waals surface area (Å²) in [6.45, 7) is 3.87. The Hall–Kier alpha value is -1.35. The van der Waals surface area contributed by atoms with Crippen molar-refractivity contribution in [2.24, 2.45) is 0 Å². The summed E-state index contributed by atoms with van der Waals surface area (Å²) in [5, 5.41) is 3.20. The van der Waals surface area contributed by atoms with E-state index in [0.717, 1.165) is 6.42 Å². The molecule has 0 amide bonds. The maximum absolute atomic E-state index is 11.2. The van der Waals surface area contributed by atoms with Crippen LogP contribution in [-0.4, -0.2) is 25.2 Å². The van der Waals surface area contributed by atoms with E-state index in [0.29, 0.717) is 0 Å². The van der Waals surface area contributed by atoms with Gasteiger partial charge in [0.1, 0.15) is 6.04 Å². The zero-order chi connectivity index (χ0) is 12.0. The molecule has 0 aliphatic carbocycles. The molecule has 2 unspecified atom stereocenters. The van der Waals surface area contributed by atoms with E-state index in [1.807, 2.05) is 25.1 Å². The second-order valence-corrected chi connectivity index (χ2v) is 4.00. The summed E-state index contributed by atoms with van der Waals surface area (Å²) in [6.07, 6.45) is 0.905. The number of benzene rings is 1. The fourth-order valence-corrected chi connectivity index (χ4v) is 1.70. The monoisotopic (exact) mass is 221 g/mol. The predicted molar refractivity (Wildman–Crippen MR) is 64.2 cm³/mol. The minimum Gasteiger partial charge on any atom is -0.468 e. The van der Waals surface area contributed by atoms with Crippen LogP contribution < -0.4 is 5.32 Å². The summed E-state index contributed by atoms with van der Waals surface area (Å²) in [7, 11) is 1.41. The molecule has 0 radical (unpaired) electrons. The zero-order valence-corrected chi connectivity index (χ0v) is 10.1. The second-order valence-electron chi connectivity index (χ2n) is 4.00. The van der Waals surface area contributed by atoms with Crippen LogP contribution in [0.5, 0.6) is 0 Å². The van der Waals surface area contributed by atoms with Gasteiger partial charge in [0, 0.05) is 6.04 Å². The van der Waals surface area contributed by atoms with Crippen molar-refractivity contribution >= 4 is 5.97 Å². The van der Waals surface area contributed by atoms with Gasteiger partial charge in [-0.15, -0.1) is 0 Å². The normalized spacial score (nSPS) is 14.2. The number of carbonyl (C=O) groups excluding carboxylic acids is 1. The van der Waals surface area contributed by atoms with Crippen LogP contribution in [0.4, 0.5) is 0 Å². The molecule has 1 N–H and O–H groups in total. The van der Waals surface area contributed by atoms with Crippen LogP contribution in [-0.2, 0) is 16.0 Å². The molecule has 0 saturated heterocycles. The minimum absolute atomic E-state index is 0.222. The lowest BCUT2D eigenvalue weighted by Gasteiger charge is -2.18. The molecule has 88 valence electrons. The number of hydrogen-bond donors (Lipinski definition) is 1. The molecule has 3 nitrogen and oxygen atoms in total. The van der Waals surface area contributed by atoms with Crippen molar-refractivity contribution in [3.63, 3.8) is 0 Å². The third kappa shape index (κ3) is 4.03. The van der Waals surface area contributed by atoms with Crippen LogP contribution in [0, 0.1) is 0 Å². The summed E-state index contributed by atoms with van der Waals surface area (Å²) < 4.78 is 4.66. The van der Waals surface area contributed by atoms with Gasteiger partial charge in [-0.3, -0.25) is 4.79 Å². The lowest BCUT2D eigenvalue weighted by molar-refractivity contribution is -0.142. The molecule has 0 bridgehead atoms. The molecule has 0 aliphatic rings. The molecule has 0 saturated carbocycles. The molecule has 16 heavy (non-hydrogen) atoms. The molecule has 3 heteroatoms. The number of carbonyl (C=O) groups is 1. The Morgan fingerprint density at radius 3 is 2.50 bits per heavy atom. The lowest BCUT2D eigenvalue weighted by Crippen LogP contribution is -2.41. The van der Waals surface area contributed by atoms with E-state index in [-0.39, 0.29) is 18.1 Å². The number of ether oxygens (including phenoxy) is 1. The largest absolute Gasteiger partial charge is 0.468 e. The molecule has 0 fully saturated rings. The summed E-state index contributed by atoms with van der Waals surface area (Å²) in [4.78, 5) is 11.2. The van der Waals surface area contributed by atoms with E-state index >= 15 is 0 Å². The molecule has 1 rings (SSSR count). The van der Waals surface area contributed by atoms with Crippen molar-refractivity contribution in [3.05, 3.63) is 35.9 Å². The molecule has 0 aromatic heterocycles. The minimum atomic E-state index is -0.260. The number of rotatable bonds is 5. The summed E-state index contributed by atoms with van der Waals surface area (Å²) in [6, 6.07) is 10.2. The van der Waals surface area contributed by atoms with Crippen LogP contribution in [0.2, 0.25) is 0 Å². The Morgan fingerprint density at radius 1 is 1.31 bits per heavy atom. The summed E-state index contributed by atoms with van der Waals surface area (Å²) in [5.74, 6) is -0.222. The van der Waals surface area contributed by atoms with Gasteiger partial charge in [0.2, 0.25) is 0 Å². The van der Waals surface area contributed by atoms with E-state index in [1.54, 1.807) is 0 Å². The standard InChI is InChI=1S/C13H19NO2/c1-10(14-11(2)13(15)16-3)9-12-7-5-4-6-8-12/h4-8,10-11,14H,9H2,1-3H3. The fraction of sp³-hybridized carbons (Fsp3) is 0.462. The van der Waals surface area contributed by atoms with Gasteiger partial charge >= 0.3 is 5.97 Å². The number of esters is 1. The van der Waals surface area contributed by atoms with Crippen LogP contribution >= 0.6 is 0 Å².